The second-order valence-electron chi connectivity index (χ2n) is 10.0. The molecule has 2 aromatic carbocycles. The van der Waals surface area contributed by atoms with E-state index in [0.717, 1.165) is 18.4 Å². The van der Waals surface area contributed by atoms with Gasteiger partial charge in [-0.05, 0) is 76.6 Å². The first-order valence-electron chi connectivity index (χ1n) is 12.3. The van der Waals surface area contributed by atoms with Crippen molar-refractivity contribution < 1.29 is 24.2 Å². The van der Waals surface area contributed by atoms with Crippen molar-refractivity contribution in [2.45, 2.75) is 78.5 Å². The molecule has 0 spiro atoms. The molecule has 0 bridgehead atoms. The number of carbonyl (C=O) groups is 3. The maximum atomic E-state index is 13.1. The minimum atomic E-state index is -1.01. The zero-order valence-corrected chi connectivity index (χ0v) is 22.1. The second kappa shape index (κ2) is 13.0. The fourth-order valence-corrected chi connectivity index (χ4v) is 3.66. The van der Waals surface area contributed by atoms with E-state index in [0.29, 0.717) is 17.7 Å². The molecule has 0 saturated heterocycles. The molecule has 3 amide bonds. The SMILES string of the molecule is Cc1ccc(C[C@H](NC(=O)OC(C)(C)C)C(=O)N[C@H](C)C(=O)NCCCc2ccccc2)c(C)c1O. The van der Waals surface area contributed by atoms with Gasteiger partial charge in [-0.1, -0.05) is 42.5 Å². The van der Waals surface area contributed by atoms with E-state index >= 15 is 0 Å². The predicted molar refractivity (Wildman–Crippen MR) is 140 cm³/mol. The van der Waals surface area contributed by atoms with Crippen LogP contribution in [0.4, 0.5) is 4.79 Å². The minimum absolute atomic E-state index is 0.121. The Balaban J connectivity index is 2.01. The molecule has 8 nitrogen and oxygen atoms in total. The Kier molecular flexibility index (Phi) is 10.3. The van der Waals surface area contributed by atoms with Crippen molar-refractivity contribution in [2.75, 3.05) is 6.54 Å². The molecule has 2 rings (SSSR count). The summed E-state index contributed by atoms with van der Waals surface area (Å²) >= 11 is 0. The number of aryl methyl sites for hydroxylation is 2. The second-order valence-corrected chi connectivity index (χ2v) is 10.0. The number of hydrogen-bond acceptors (Lipinski definition) is 5. The molecule has 0 radical (unpaired) electrons. The summed E-state index contributed by atoms with van der Waals surface area (Å²) in [7, 11) is 0. The average Bonchev–Trinajstić information content (AvgIpc) is 2.80. The topological polar surface area (TPSA) is 117 Å². The summed E-state index contributed by atoms with van der Waals surface area (Å²) in [5.41, 5.74) is 2.50. The number of nitrogens with one attached hydrogen (secondary N) is 3. The quantitative estimate of drug-likeness (QED) is 0.374. The Hall–Kier alpha value is -3.55. The molecule has 0 heterocycles. The normalized spacial score (nSPS) is 12.8. The zero-order chi connectivity index (χ0) is 26.9. The van der Waals surface area contributed by atoms with Crippen molar-refractivity contribution >= 4 is 17.9 Å². The maximum Gasteiger partial charge on any atom is 0.408 e. The molecule has 0 unspecified atom stereocenters. The molecule has 0 aromatic heterocycles. The van der Waals surface area contributed by atoms with Crippen LogP contribution in [0.1, 0.15) is 56.4 Å². The number of phenolic OH excluding ortho intramolecular Hbond substituents is 1. The van der Waals surface area contributed by atoms with Crippen LogP contribution >= 0.6 is 0 Å². The molecule has 0 saturated carbocycles. The molecule has 0 aliphatic heterocycles. The number of carbonyl (C=O) groups excluding carboxylic acids is 3. The summed E-state index contributed by atoms with van der Waals surface area (Å²) in [5.74, 6) is -0.684. The number of ether oxygens (including phenoxy) is 1. The zero-order valence-electron chi connectivity index (χ0n) is 22.1. The third-order valence-corrected chi connectivity index (χ3v) is 5.71. The van der Waals surface area contributed by atoms with Gasteiger partial charge in [0.1, 0.15) is 23.4 Å². The molecule has 4 N–H and O–H groups in total. The monoisotopic (exact) mass is 497 g/mol. The van der Waals surface area contributed by atoms with Crippen LogP contribution in [0.3, 0.4) is 0 Å². The summed E-state index contributed by atoms with van der Waals surface area (Å²) in [5, 5.41) is 18.4. The first kappa shape index (κ1) is 28.7. The average molecular weight is 498 g/mol. The Morgan fingerprint density at radius 2 is 1.64 bits per heavy atom. The number of rotatable bonds is 10. The van der Waals surface area contributed by atoms with Crippen LogP contribution in [0.5, 0.6) is 5.75 Å². The van der Waals surface area contributed by atoms with Crippen LogP contribution in [0, 0.1) is 13.8 Å². The van der Waals surface area contributed by atoms with Crippen molar-refractivity contribution in [3.05, 3.63) is 64.7 Å². The fraction of sp³-hybridized carbons (Fsp3) is 0.464. The molecule has 0 aliphatic rings. The lowest BCUT2D eigenvalue weighted by atomic mass is 9.97. The molecule has 2 atom stereocenters. The third-order valence-electron chi connectivity index (χ3n) is 5.71. The highest BCUT2D eigenvalue weighted by Crippen LogP contribution is 2.25. The maximum absolute atomic E-state index is 13.1. The van der Waals surface area contributed by atoms with E-state index in [2.05, 4.69) is 16.0 Å². The van der Waals surface area contributed by atoms with E-state index in [-0.39, 0.29) is 18.1 Å². The molecule has 0 aliphatic carbocycles. The van der Waals surface area contributed by atoms with Crippen molar-refractivity contribution in [3.8, 4) is 5.75 Å². The first-order valence-corrected chi connectivity index (χ1v) is 12.3. The van der Waals surface area contributed by atoms with Crippen molar-refractivity contribution in [2.24, 2.45) is 0 Å². The van der Waals surface area contributed by atoms with E-state index in [1.165, 1.54) is 5.56 Å². The number of alkyl carbamates (subject to hydrolysis) is 1. The molecular formula is C28H39N3O5. The van der Waals surface area contributed by atoms with E-state index in [1.807, 2.05) is 36.4 Å². The van der Waals surface area contributed by atoms with Gasteiger partial charge in [-0.3, -0.25) is 9.59 Å². The van der Waals surface area contributed by atoms with Crippen LogP contribution in [0.15, 0.2) is 42.5 Å². The van der Waals surface area contributed by atoms with Gasteiger partial charge in [-0.25, -0.2) is 4.79 Å². The van der Waals surface area contributed by atoms with Gasteiger partial charge in [0.05, 0.1) is 0 Å². The largest absolute Gasteiger partial charge is 0.507 e. The van der Waals surface area contributed by atoms with Gasteiger partial charge in [-0.2, -0.15) is 0 Å². The molecular weight excluding hydrogens is 458 g/mol. The van der Waals surface area contributed by atoms with E-state index in [9.17, 15) is 19.5 Å². The molecule has 2 aromatic rings. The Morgan fingerprint density at radius 1 is 0.972 bits per heavy atom. The van der Waals surface area contributed by atoms with Crippen LogP contribution in [0.25, 0.3) is 0 Å². The van der Waals surface area contributed by atoms with Crippen LogP contribution in [0.2, 0.25) is 0 Å². The van der Waals surface area contributed by atoms with Gasteiger partial charge >= 0.3 is 6.09 Å². The van der Waals surface area contributed by atoms with E-state index in [4.69, 9.17) is 4.74 Å². The predicted octanol–water partition coefficient (Wildman–Crippen LogP) is 3.70. The van der Waals surface area contributed by atoms with Gasteiger partial charge in [0.25, 0.3) is 0 Å². The van der Waals surface area contributed by atoms with Gasteiger partial charge in [0, 0.05) is 13.0 Å². The minimum Gasteiger partial charge on any atom is -0.507 e. The third kappa shape index (κ3) is 9.24. The highest BCUT2D eigenvalue weighted by Gasteiger charge is 2.27. The Labute approximate surface area is 213 Å². The lowest BCUT2D eigenvalue weighted by Crippen LogP contribution is -2.54. The first-order chi connectivity index (χ1) is 16.9. The lowest BCUT2D eigenvalue weighted by molar-refractivity contribution is -0.129. The number of aromatic hydroxyl groups is 1. The summed E-state index contributed by atoms with van der Waals surface area (Å²) in [6.07, 6.45) is 0.993. The van der Waals surface area contributed by atoms with E-state index < -0.39 is 29.7 Å². The van der Waals surface area contributed by atoms with Crippen LogP contribution < -0.4 is 16.0 Å². The summed E-state index contributed by atoms with van der Waals surface area (Å²) in [6, 6.07) is 11.8. The Bertz CT molecular complexity index is 1050. The summed E-state index contributed by atoms with van der Waals surface area (Å²) in [4.78, 5) is 38.1. The van der Waals surface area contributed by atoms with Crippen molar-refractivity contribution in [3.63, 3.8) is 0 Å². The molecule has 0 fully saturated rings. The molecule has 196 valence electrons. The van der Waals surface area contributed by atoms with E-state index in [1.54, 1.807) is 47.6 Å². The highest BCUT2D eigenvalue weighted by atomic mass is 16.6. The number of benzene rings is 2. The number of phenols is 1. The van der Waals surface area contributed by atoms with Gasteiger partial charge in [0.2, 0.25) is 11.8 Å². The lowest BCUT2D eigenvalue weighted by Gasteiger charge is -2.25. The van der Waals surface area contributed by atoms with Crippen LogP contribution in [-0.4, -0.2) is 47.2 Å². The van der Waals surface area contributed by atoms with Crippen molar-refractivity contribution in [1.29, 1.82) is 0 Å². The highest BCUT2D eigenvalue weighted by molar-refractivity contribution is 5.91. The number of hydrogen-bond donors (Lipinski definition) is 4. The fourth-order valence-electron chi connectivity index (χ4n) is 3.66. The standard InChI is InChI=1S/C28H39N3O5/c1-18-14-15-22(19(2)24(18)32)17-23(31-27(35)36-28(4,5)6)26(34)30-20(3)25(33)29-16-10-13-21-11-8-7-9-12-21/h7-9,11-12,14-15,20,23,32H,10,13,16-17H2,1-6H3,(H,29,33)(H,30,34)(H,31,35)/t20-,23+/m1/s1. The number of amides is 3. The van der Waals surface area contributed by atoms with Gasteiger partial charge in [0.15, 0.2) is 0 Å². The summed E-state index contributed by atoms with van der Waals surface area (Å²) < 4.78 is 5.32. The van der Waals surface area contributed by atoms with Gasteiger partial charge < -0.3 is 25.8 Å². The van der Waals surface area contributed by atoms with Crippen LogP contribution in [-0.2, 0) is 27.2 Å². The molecule has 36 heavy (non-hydrogen) atoms. The summed E-state index contributed by atoms with van der Waals surface area (Å²) in [6.45, 7) is 10.8. The molecule has 8 heteroatoms. The Morgan fingerprint density at radius 3 is 2.28 bits per heavy atom. The smallest absolute Gasteiger partial charge is 0.408 e. The van der Waals surface area contributed by atoms with Crippen molar-refractivity contribution in [1.82, 2.24) is 16.0 Å². The van der Waals surface area contributed by atoms with Gasteiger partial charge in [-0.15, -0.1) is 0 Å².